The molecule has 1 aromatic carbocycles. The smallest absolute Gasteiger partial charge is 0.0846 e. The molecule has 0 N–H and O–H groups in total. The van der Waals surface area contributed by atoms with Crippen molar-refractivity contribution in [1.82, 2.24) is 4.57 Å². The average Bonchev–Trinajstić information content (AvgIpc) is 3.24. The van der Waals surface area contributed by atoms with Crippen LogP contribution in [-0.2, 0) is 0 Å². The monoisotopic (exact) mass is 608 g/mol. The molecule has 0 bridgehead atoms. The van der Waals surface area contributed by atoms with Gasteiger partial charge in [0.05, 0.1) is 29.3 Å². The van der Waals surface area contributed by atoms with Crippen molar-refractivity contribution in [2.75, 3.05) is 11.4 Å². The Morgan fingerprint density at radius 2 is 1.96 bits per heavy atom. The fourth-order valence-corrected chi connectivity index (χ4v) is 5.70. The lowest BCUT2D eigenvalue weighted by molar-refractivity contribution is 0.920. The van der Waals surface area contributed by atoms with Gasteiger partial charge in [0.25, 0.3) is 0 Å². The fourth-order valence-electron chi connectivity index (χ4n) is 5.70. The highest BCUT2D eigenvalue weighted by Crippen LogP contribution is 2.33. The van der Waals surface area contributed by atoms with E-state index in [-0.39, 0.29) is 6.04 Å². The third-order valence-electron chi connectivity index (χ3n) is 8.04. The molecule has 0 spiro atoms. The second-order valence-electron chi connectivity index (χ2n) is 11.4. The van der Waals surface area contributed by atoms with Crippen LogP contribution in [0.3, 0.4) is 0 Å². The quantitative estimate of drug-likeness (QED) is 0.262. The summed E-state index contributed by atoms with van der Waals surface area (Å²) in [6.07, 6.45) is 37.8. The highest BCUT2D eigenvalue weighted by molar-refractivity contribution is 5.89. The van der Waals surface area contributed by atoms with Crippen LogP contribution in [0.1, 0.15) is 62.4 Å². The van der Waals surface area contributed by atoms with Crippen molar-refractivity contribution < 1.29 is 0 Å². The molecule has 0 saturated carbocycles. The lowest BCUT2D eigenvalue weighted by Gasteiger charge is -2.28. The first-order valence-corrected chi connectivity index (χ1v) is 16.1. The van der Waals surface area contributed by atoms with Crippen molar-refractivity contribution in [2.24, 2.45) is 20.0 Å². The lowest BCUT2D eigenvalue weighted by atomic mass is 9.96. The molecule has 0 fully saturated rings. The normalized spacial score (nSPS) is 20.2. The number of allylic oxidation sites excluding steroid dienone is 13. The van der Waals surface area contributed by atoms with Crippen LogP contribution >= 0.6 is 0 Å². The summed E-state index contributed by atoms with van der Waals surface area (Å²) in [7, 11) is 0. The largest absolute Gasteiger partial charge is 0.317 e. The molecule has 2 aliphatic heterocycles. The summed E-state index contributed by atoms with van der Waals surface area (Å²) in [5, 5.41) is 0. The maximum Gasteiger partial charge on any atom is 0.0846 e. The number of rotatable bonds is 9. The fraction of sp³-hybridized carbons (Fsp3) is 0.250. The molecule has 1 aromatic heterocycles. The van der Waals surface area contributed by atoms with Crippen molar-refractivity contribution in [1.29, 1.82) is 0 Å². The molecule has 5 rings (SSSR count). The predicted molar refractivity (Wildman–Crippen MR) is 200 cm³/mol. The zero-order valence-corrected chi connectivity index (χ0v) is 27.6. The number of aryl methyl sites for hydroxylation is 1. The third kappa shape index (κ3) is 7.75. The van der Waals surface area contributed by atoms with Gasteiger partial charge in [0.1, 0.15) is 0 Å². The molecule has 234 valence electrons. The summed E-state index contributed by atoms with van der Waals surface area (Å²) in [5.74, 6) is 0. The van der Waals surface area contributed by atoms with Gasteiger partial charge in [0, 0.05) is 66.7 Å². The topological polar surface area (TPSA) is 57.6 Å². The van der Waals surface area contributed by atoms with Crippen LogP contribution in [0.15, 0.2) is 129 Å². The molecule has 0 saturated heterocycles. The van der Waals surface area contributed by atoms with Crippen LogP contribution in [0, 0.1) is 13.8 Å². The molecular formula is C40H44N6. The Balaban J connectivity index is 1.45. The first-order valence-electron chi connectivity index (χ1n) is 16.1. The standard InChI is InChI=1S/C40H44N6/c1-6-8-23-44-39-29-45(40(32(39)5)28-41-7-2)34-17-11-14-33(15-12-18-34)38-21-20-36(25-30(38)3)46(37-16-9-10-22-42-27-37)35-19-13-24-43-31(4)26-35/h6,8,10-11,13-16,18-29,31H,7,9,12,17H2,1-5H3/b8-6-,14-11-,33-15+,34-18?,41-28?,44-23?. The van der Waals surface area contributed by atoms with Crippen LogP contribution in [0.4, 0.5) is 11.4 Å². The van der Waals surface area contributed by atoms with Gasteiger partial charge < -0.3 is 9.47 Å². The number of hydrogen-bond acceptors (Lipinski definition) is 5. The van der Waals surface area contributed by atoms with E-state index in [4.69, 9.17) is 4.99 Å². The zero-order valence-electron chi connectivity index (χ0n) is 27.6. The first-order chi connectivity index (χ1) is 22.5. The number of anilines is 1. The maximum atomic E-state index is 4.69. The van der Waals surface area contributed by atoms with Crippen LogP contribution in [0.25, 0.3) is 11.3 Å². The predicted octanol–water partition coefficient (Wildman–Crippen LogP) is 9.69. The molecule has 1 aliphatic carbocycles. The number of aromatic nitrogens is 1. The molecular weight excluding hydrogens is 564 g/mol. The van der Waals surface area contributed by atoms with Crippen molar-refractivity contribution >= 4 is 47.5 Å². The SMILES string of the molecule is C/C=C\C=Nc1cn(C2=CC/C=C(c3ccc(N(C4=CCC=CN=C4)C4=CC(C)N=CC=C4)cc3C)\C=C/C2)c(C=NCC)c1C. The average molecular weight is 609 g/mol. The van der Waals surface area contributed by atoms with Crippen molar-refractivity contribution in [2.45, 2.75) is 59.9 Å². The summed E-state index contributed by atoms with van der Waals surface area (Å²) in [6.45, 7) is 11.2. The summed E-state index contributed by atoms with van der Waals surface area (Å²) < 4.78 is 2.25. The van der Waals surface area contributed by atoms with Gasteiger partial charge in [0.2, 0.25) is 0 Å². The van der Waals surface area contributed by atoms with Crippen molar-refractivity contribution in [3.05, 3.63) is 131 Å². The second kappa shape index (κ2) is 15.8. The Hall–Kier alpha value is -5.10. The molecule has 0 radical (unpaired) electrons. The highest BCUT2D eigenvalue weighted by Gasteiger charge is 2.18. The van der Waals surface area contributed by atoms with E-state index in [0.29, 0.717) is 0 Å². The van der Waals surface area contributed by atoms with Gasteiger partial charge in [-0.05, 0) is 101 Å². The van der Waals surface area contributed by atoms with E-state index in [2.05, 4.69) is 125 Å². The maximum absolute atomic E-state index is 4.69. The Bertz CT molecular complexity index is 1790. The Kier molecular flexibility index (Phi) is 11.1. The lowest BCUT2D eigenvalue weighted by Crippen LogP contribution is -2.23. The van der Waals surface area contributed by atoms with Gasteiger partial charge in [-0.1, -0.05) is 48.6 Å². The van der Waals surface area contributed by atoms with Gasteiger partial charge in [0.15, 0.2) is 0 Å². The van der Waals surface area contributed by atoms with Crippen LogP contribution in [0.5, 0.6) is 0 Å². The molecule has 3 heterocycles. The number of hydrogen-bond donors (Lipinski definition) is 0. The van der Waals surface area contributed by atoms with Gasteiger partial charge in [-0.15, -0.1) is 0 Å². The Morgan fingerprint density at radius 3 is 2.78 bits per heavy atom. The Morgan fingerprint density at radius 1 is 1.07 bits per heavy atom. The molecule has 0 amide bonds. The Labute approximate surface area is 274 Å². The minimum absolute atomic E-state index is 0.0838. The minimum Gasteiger partial charge on any atom is -0.317 e. The van der Waals surface area contributed by atoms with Crippen LogP contribution < -0.4 is 4.90 Å². The third-order valence-corrected chi connectivity index (χ3v) is 8.04. The second-order valence-corrected chi connectivity index (χ2v) is 11.4. The van der Waals surface area contributed by atoms with Gasteiger partial charge >= 0.3 is 0 Å². The van der Waals surface area contributed by atoms with E-state index < -0.39 is 0 Å². The minimum atomic E-state index is 0.0838. The first kappa shape index (κ1) is 32.3. The van der Waals surface area contributed by atoms with Crippen molar-refractivity contribution in [3.8, 4) is 0 Å². The number of benzene rings is 1. The molecule has 1 unspecified atom stereocenters. The van der Waals surface area contributed by atoms with E-state index in [0.717, 1.165) is 59.8 Å². The van der Waals surface area contributed by atoms with Gasteiger partial charge in [-0.2, -0.15) is 0 Å². The number of aliphatic imine (C=N–C) groups is 4. The van der Waals surface area contributed by atoms with Gasteiger partial charge in [-0.25, -0.2) is 0 Å². The summed E-state index contributed by atoms with van der Waals surface area (Å²) in [4.78, 5) is 20.6. The summed E-state index contributed by atoms with van der Waals surface area (Å²) >= 11 is 0. The van der Waals surface area contributed by atoms with Crippen LogP contribution in [-0.4, -0.2) is 42.0 Å². The molecule has 2 aromatic rings. The zero-order chi connectivity index (χ0) is 32.3. The summed E-state index contributed by atoms with van der Waals surface area (Å²) in [5.41, 5.74) is 11.3. The molecule has 6 nitrogen and oxygen atoms in total. The summed E-state index contributed by atoms with van der Waals surface area (Å²) in [6, 6.07) is 6.82. The van der Waals surface area contributed by atoms with Gasteiger partial charge in [-0.3, -0.25) is 20.0 Å². The van der Waals surface area contributed by atoms with E-state index in [1.165, 1.54) is 22.4 Å². The van der Waals surface area contributed by atoms with E-state index in [1.54, 1.807) is 0 Å². The van der Waals surface area contributed by atoms with E-state index >= 15 is 0 Å². The molecule has 46 heavy (non-hydrogen) atoms. The molecule has 3 aliphatic rings. The highest BCUT2D eigenvalue weighted by atomic mass is 15.2. The van der Waals surface area contributed by atoms with E-state index in [9.17, 15) is 0 Å². The molecule has 1 atom stereocenters. The number of nitrogens with zero attached hydrogens (tertiary/aromatic N) is 6. The van der Waals surface area contributed by atoms with E-state index in [1.807, 2.05) is 56.2 Å². The van der Waals surface area contributed by atoms with Crippen molar-refractivity contribution in [3.63, 3.8) is 0 Å². The molecule has 6 heteroatoms. The van der Waals surface area contributed by atoms with Crippen LogP contribution in [0.2, 0.25) is 0 Å².